The maximum absolute atomic E-state index is 12.2. The summed E-state index contributed by atoms with van der Waals surface area (Å²) in [6.45, 7) is 1.52. The Hall–Kier alpha value is -2.67. The third kappa shape index (κ3) is 2.99. The van der Waals surface area contributed by atoms with Gasteiger partial charge in [0, 0.05) is 11.6 Å². The van der Waals surface area contributed by atoms with Crippen LogP contribution >= 0.6 is 11.3 Å². The number of rotatable bonds is 4. The van der Waals surface area contributed by atoms with E-state index in [4.69, 9.17) is 9.47 Å². The molecule has 0 radical (unpaired) electrons. The molecule has 6 nitrogen and oxygen atoms in total. The van der Waals surface area contributed by atoms with Crippen molar-refractivity contribution in [3.8, 4) is 11.5 Å². The predicted molar refractivity (Wildman–Crippen MR) is 82.0 cm³/mol. The lowest BCUT2D eigenvalue weighted by Gasteiger charge is -2.04. The van der Waals surface area contributed by atoms with Crippen LogP contribution in [0.25, 0.3) is 6.08 Å². The van der Waals surface area contributed by atoms with Crippen LogP contribution in [0, 0.1) is 0 Å². The third-order valence-corrected chi connectivity index (χ3v) is 3.67. The van der Waals surface area contributed by atoms with E-state index in [-0.39, 0.29) is 18.1 Å². The Balaban J connectivity index is 1.87. The highest BCUT2D eigenvalue weighted by Crippen LogP contribution is 2.33. The maximum atomic E-state index is 12.2. The number of carbonyl (C=O) groups excluding carboxylic acids is 2. The van der Waals surface area contributed by atoms with Gasteiger partial charge in [-0.05, 0) is 30.7 Å². The molecule has 0 saturated heterocycles. The number of anilines is 1. The van der Waals surface area contributed by atoms with E-state index in [9.17, 15) is 9.59 Å². The summed E-state index contributed by atoms with van der Waals surface area (Å²) in [6.07, 6.45) is 3.10. The average Bonchev–Trinajstić information content (AvgIpc) is 3.14. The van der Waals surface area contributed by atoms with Crippen molar-refractivity contribution in [1.82, 2.24) is 4.98 Å². The Morgan fingerprint density at radius 1 is 1.32 bits per heavy atom. The van der Waals surface area contributed by atoms with E-state index in [1.165, 1.54) is 24.3 Å². The number of thiazole rings is 1. The zero-order valence-electron chi connectivity index (χ0n) is 11.7. The van der Waals surface area contributed by atoms with Crippen molar-refractivity contribution in [1.29, 1.82) is 0 Å². The van der Waals surface area contributed by atoms with Crippen molar-refractivity contribution >= 4 is 34.2 Å². The quantitative estimate of drug-likeness (QED) is 0.533. The molecular weight excluding hydrogens is 304 g/mol. The lowest BCUT2D eigenvalue weighted by molar-refractivity contribution is -0.118. The van der Waals surface area contributed by atoms with Crippen molar-refractivity contribution in [3.63, 3.8) is 0 Å². The minimum atomic E-state index is -0.486. The molecule has 1 aliphatic heterocycles. The Labute approximate surface area is 130 Å². The molecule has 0 spiro atoms. The van der Waals surface area contributed by atoms with Crippen molar-refractivity contribution in [3.05, 3.63) is 40.9 Å². The van der Waals surface area contributed by atoms with Gasteiger partial charge in [0.05, 0.1) is 5.57 Å². The van der Waals surface area contributed by atoms with Gasteiger partial charge in [-0.3, -0.25) is 14.9 Å². The number of aromatic nitrogens is 1. The predicted octanol–water partition coefficient (Wildman–Crippen LogP) is 2.48. The number of ether oxygens (including phenoxy) is 2. The monoisotopic (exact) mass is 316 g/mol. The van der Waals surface area contributed by atoms with Crippen LogP contribution in [0.4, 0.5) is 5.13 Å². The van der Waals surface area contributed by atoms with Gasteiger partial charge in [0.25, 0.3) is 5.91 Å². The van der Waals surface area contributed by atoms with E-state index in [2.05, 4.69) is 10.3 Å². The molecule has 2 heterocycles. The van der Waals surface area contributed by atoms with Gasteiger partial charge in [0.15, 0.2) is 22.4 Å². The molecule has 3 rings (SSSR count). The number of fused-ring (bicyclic) bond motifs is 1. The molecule has 1 amide bonds. The van der Waals surface area contributed by atoms with E-state index in [0.29, 0.717) is 22.2 Å². The van der Waals surface area contributed by atoms with Gasteiger partial charge < -0.3 is 9.47 Å². The van der Waals surface area contributed by atoms with Crippen molar-refractivity contribution in [2.24, 2.45) is 0 Å². The number of hydrogen-bond donors (Lipinski definition) is 1. The first-order valence-corrected chi connectivity index (χ1v) is 7.34. The van der Waals surface area contributed by atoms with Crippen molar-refractivity contribution < 1.29 is 19.1 Å². The van der Waals surface area contributed by atoms with Gasteiger partial charge in [-0.25, -0.2) is 4.98 Å². The second kappa shape index (κ2) is 5.98. The topological polar surface area (TPSA) is 77.5 Å². The molecule has 112 valence electrons. The Morgan fingerprint density at radius 3 is 2.86 bits per heavy atom. The summed E-state index contributed by atoms with van der Waals surface area (Å²) in [5.41, 5.74) is 0.734. The Bertz CT molecular complexity index is 753. The average molecular weight is 316 g/mol. The normalized spacial score (nSPS) is 13.0. The SMILES string of the molecule is CC(=O)/C(=C\c1ccc2c(c1)OCO2)C(=O)Nc1nccs1. The fourth-order valence-corrected chi connectivity index (χ4v) is 2.47. The second-order valence-corrected chi connectivity index (χ2v) is 5.41. The molecule has 1 N–H and O–H groups in total. The molecule has 1 aromatic carbocycles. The summed E-state index contributed by atoms with van der Waals surface area (Å²) >= 11 is 1.28. The minimum Gasteiger partial charge on any atom is -0.454 e. The minimum absolute atomic E-state index is 0.0501. The van der Waals surface area contributed by atoms with E-state index in [1.54, 1.807) is 29.8 Å². The van der Waals surface area contributed by atoms with E-state index < -0.39 is 5.91 Å². The van der Waals surface area contributed by atoms with Crippen LogP contribution in [0.3, 0.4) is 0 Å². The zero-order chi connectivity index (χ0) is 15.5. The molecule has 0 unspecified atom stereocenters. The van der Waals surface area contributed by atoms with Gasteiger partial charge in [-0.1, -0.05) is 6.07 Å². The summed E-state index contributed by atoms with van der Waals surface area (Å²) in [7, 11) is 0. The summed E-state index contributed by atoms with van der Waals surface area (Å²) in [4.78, 5) is 27.9. The summed E-state index contributed by atoms with van der Waals surface area (Å²) in [5.74, 6) is 0.428. The van der Waals surface area contributed by atoms with Crippen LogP contribution in [-0.4, -0.2) is 23.5 Å². The standard InChI is InChI=1S/C15H12N2O4S/c1-9(18)11(14(19)17-15-16-4-5-22-15)6-10-2-3-12-13(7-10)21-8-20-12/h2-7H,8H2,1H3,(H,16,17,19)/b11-6+. The fourth-order valence-electron chi connectivity index (χ4n) is 1.95. The van der Waals surface area contributed by atoms with E-state index >= 15 is 0 Å². The molecule has 1 aromatic heterocycles. The van der Waals surface area contributed by atoms with Gasteiger partial charge in [0.1, 0.15) is 0 Å². The molecule has 0 aliphatic carbocycles. The highest BCUT2D eigenvalue weighted by atomic mass is 32.1. The first-order valence-electron chi connectivity index (χ1n) is 6.46. The van der Waals surface area contributed by atoms with E-state index in [0.717, 1.165) is 0 Å². The smallest absolute Gasteiger partial charge is 0.261 e. The number of Topliss-reactive ketones (excluding diaryl/α,β-unsaturated/α-hetero) is 1. The molecule has 1 aliphatic rings. The van der Waals surface area contributed by atoms with Crippen LogP contribution in [0.5, 0.6) is 11.5 Å². The molecule has 7 heteroatoms. The summed E-state index contributed by atoms with van der Waals surface area (Å²) in [6, 6.07) is 5.22. The van der Waals surface area contributed by atoms with Gasteiger partial charge in [0.2, 0.25) is 6.79 Å². The number of hydrogen-bond acceptors (Lipinski definition) is 6. The number of nitrogens with one attached hydrogen (secondary N) is 1. The highest BCUT2D eigenvalue weighted by molar-refractivity contribution is 7.13. The first-order chi connectivity index (χ1) is 10.6. The number of ketones is 1. The Morgan fingerprint density at radius 2 is 2.14 bits per heavy atom. The van der Waals surface area contributed by atoms with Gasteiger partial charge >= 0.3 is 0 Å². The molecule has 22 heavy (non-hydrogen) atoms. The second-order valence-electron chi connectivity index (χ2n) is 4.52. The molecule has 0 fully saturated rings. The molecular formula is C15H12N2O4S. The molecule has 0 bridgehead atoms. The molecule has 0 atom stereocenters. The van der Waals surface area contributed by atoms with Crippen LogP contribution in [-0.2, 0) is 9.59 Å². The third-order valence-electron chi connectivity index (χ3n) is 2.98. The number of amides is 1. The van der Waals surface area contributed by atoms with Crippen LogP contribution in [0.1, 0.15) is 12.5 Å². The summed E-state index contributed by atoms with van der Waals surface area (Å²) < 4.78 is 10.5. The lowest BCUT2D eigenvalue weighted by atomic mass is 10.1. The molecule has 2 aromatic rings. The first kappa shape index (κ1) is 14.3. The van der Waals surface area contributed by atoms with Crippen molar-refractivity contribution in [2.45, 2.75) is 6.92 Å². The van der Waals surface area contributed by atoms with E-state index in [1.807, 2.05) is 0 Å². The van der Waals surface area contributed by atoms with Crippen LogP contribution < -0.4 is 14.8 Å². The number of carbonyl (C=O) groups is 2. The maximum Gasteiger partial charge on any atom is 0.261 e. The Kier molecular flexibility index (Phi) is 3.88. The largest absolute Gasteiger partial charge is 0.454 e. The van der Waals surface area contributed by atoms with Crippen LogP contribution in [0.2, 0.25) is 0 Å². The zero-order valence-corrected chi connectivity index (χ0v) is 12.5. The summed E-state index contributed by atoms with van der Waals surface area (Å²) in [5, 5.41) is 4.79. The van der Waals surface area contributed by atoms with Crippen molar-refractivity contribution in [2.75, 3.05) is 12.1 Å². The lowest BCUT2D eigenvalue weighted by Crippen LogP contribution is -2.18. The van der Waals surface area contributed by atoms with Gasteiger partial charge in [-0.15, -0.1) is 11.3 Å². The molecule has 0 saturated carbocycles. The fraction of sp³-hybridized carbons (Fsp3) is 0.133. The highest BCUT2D eigenvalue weighted by Gasteiger charge is 2.17. The van der Waals surface area contributed by atoms with Crippen LogP contribution in [0.15, 0.2) is 35.3 Å². The number of nitrogens with zero attached hydrogens (tertiary/aromatic N) is 1. The number of benzene rings is 1. The van der Waals surface area contributed by atoms with Gasteiger partial charge in [-0.2, -0.15) is 0 Å².